The predicted molar refractivity (Wildman–Crippen MR) is 83.5 cm³/mol. The Bertz CT molecular complexity index is 496. The van der Waals surface area contributed by atoms with Crippen molar-refractivity contribution in [2.75, 3.05) is 39.4 Å². The van der Waals surface area contributed by atoms with Crippen LogP contribution in [0.15, 0.2) is 12.3 Å². The number of rotatable bonds is 4. The van der Waals surface area contributed by atoms with Gasteiger partial charge in [0.05, 0.1) is 19.3 Å². The van der Waals surface area contributed by atoms with Crippen LogP contribution in [0.2, 0.25) is 0 Å². The average Bonchev–Trinajstić information content (AvgIpc) is 2.98. The van der Waals surface area contributed by atoms with E-state index in [1.165, 1.54) is 12.1 Å². The summed E-state index contributed by atoms with van der Waals surface area (Å²) in [5.41, 5.74) is 1.23. The molecule has 0 bridgehead atoms. The molecule has 1 aromatic rings. The second-order valence-electron chi connectivity index (χ2n) is 6.18. The Hall–Kier alpha value is -1.40. The van der Waals surface area contributed by atoms with Gasteiger partial charge in [-0.2, -0.15) is 5.10 Å². The number of aromatic nitrogens is 2. The largest absolute Gasteiger partial charge is 0.378 e. The van der Waals surface area contributed by atoms with Gasteiger partial charge in [-0.25, -0.2) is 0 Å². The highest BCUT2D eigenvalue weighted by Gasteiger charge is 2.32. The van der Waals surface area contributed by atoms with Gasteiger partial charge in [0.2, 0.25) is 5.91 Å². The molecule has 1 aromatic heterocycles. The summed E-state index contributed by atoms with van der Waals surface area (Å²) in [6.07, 6.45) is 6.12. The van der Waals surface area contributed by atoms with Crippen molar-refractivity contribution in [2.45, 2.75) is 31.7 Å². The van der Waals surface area contributed by atoms with Gasteiger partial charge in [0.15, 0.2) is 0 Å². The zero-order valence-electron chi connectivity index (χ0n) is 13.4. The first kappa shape index (κ1) is 15.5. The lowest BCUT2D eigenvalue weighted by Crippen LogP contribution is -2.53. The zero-order chi connectivity index (χ0) is 15.4. The van der Waals surface area contributed by atoms with E-state index in [2.05, 4.69) is 16.1 Å². The maximum atomic E-state index is 12.8. The lowest BCUT2D eigenvalue weighted by molar-refractivity contribution is -0.142. The molecular weight excluding hydrogens is 280 g/mol. The van der Waals surface area contributed by atoms with Crippen LogP contribution in [0.3, 0.4) is 0 Å². The van der Waals surface area contributed by atoms with Crippen LogP contribution in [-0.2, 0) is 23.0 Å². The second kappa shape index (κ2) is 7.24. The van der Waals surface area contributed by atoms with E-state index in [-0.39, 0.29) is 6.04 Å². The molecule has 2 aliphatic heterocycles. The molecule has 2 aliphatic rings. The molecule has 2 saturated heterocycles. The van der Waals surface area contributed by atoms with Crippen molar-refractivity contribution in [3.8, 4) is 0 Å². The number of hydrogen-bond acceptors (Lipinski definition) is 4. The van der Waals surface area contributed by atoms with Crippen LogP contribution in [0.1, 0.15) is 25.0 Å². The first-order valence-corrected chi connectivity index (χ1v) is 8.33. The van der Waals surface area contributed by atoms with Gasteiger partial charge in [-0.1, -0.05) is 6.42 Å². The lowest BCUT2D eigenvalue weighted by Gasteiger charge is -2.38. The predicted octanol–water partition coefficient (Wildman–Crippen LogP) is 0.676. The van der Waals surface area contributed by atoms with Crippen LogP contribution >= 0.6 is 0 Å². The normalized spacial score (nSPS) is 23.7. The molecule has 6 nitrogen and oxygen atoms in total. The Morgan fingerprint density at radius 2 is 2.14 bits per heavy atom. The summed E-state index contributed by atoms with van der Waals surface area (Å²) in [5, 5.41) is 4.22. The minimum Gasteiger partial charge on any atom is -0.378 e. The maximum Gasteiger partial charge on any atom is 0.240 e. The molecule has 2 fully saturated rings. The number of amides is 1. The SMILES string of the molecule is Cn1nccc1CCN1CCCCC1C(=O)N1CCOCC1. The molecule has 3 rings (SSSR count). The van der Waals surface area contributed by atoms with Gasteiger partial charge in [0, 0.05) is 45.0 Å². The summed E-state index contributed by atoms with van der Waals surface area (Å²) < 4.78 is 7.28. The smallest absolute Gasteiger partial charge is 0.240 e. The monoisotopic (exact) mass is 306 g/mol. The standard InChI is InChI=1S/C16H26N4O2/c1-18-14(5-7-17-18)6-9-19-8-3-2-4-15(19)16(21)20-10-12-22-13-11-20/h5,7,15H,2-4,6,8-13H2,1H3. The molecule has 1 unspecified atom stereocenters. The van der Waals surface area contributed by atoms with Crippen molar-refractivity contribution >= 4 is 5.91 Å². The van der Waals surface area contributed by atoms with Gasteiger partial charge in [-0.05, 0) is 25.5 Å². The number of likely N-dealkylation sites (tertiary alicyclic amines) is 1. The summed E-state index contributed by atoms with van der Waals surface area (Å²) in [6.45, 7) is 4.79. The quantitative estimate of drug-likeness (QED) is 0.821. The van der Waals surface area contributed by atoms with Crippen LogP contribution in [-0.4, -0.2) is 70.9 Å². The minimum absolute atomic E-state index is 0.0556. The highest BCUT2D eigenvalue weighted by Crippen LogP contribution is 2.20. The van der Waals surface area contributed by atoms with Gasteiger partial charge < -0.3 is 9.64 Å². The summed E-state index contributed by atoms with van der Waals surface area (Å²) in [4.78, 5) is 17.2. The van der Waals surface area contributed by atoms with E-state index >= 15 is 0 Å². The molecule has 6 heteroatoms. The molecule has 0 radical (unpaired) electrons. The van der Waals surface area contributed by atoms with Crippen molar-refractivity contribution < 1.29 is 9.53 Å². The molecule has 122 valence electrons. The van der Waals surface area contributed by atoms with Gasteiger partial charge in [0.25, 0.3) is 0 Å². The lowest BCUT2D eigenvalue weighted by atomic mass is 10.00. The number of hydrogen-bond donors (Lipinski definition) is 0. The number of carbonyl (C=O) groups excluding carboxylic acids is 1. The van der Waals surface area contributed by atoms with E-state index in [0.717, 1.165) is 45.4 Å². The topological polar surface area (TPSA) is 50.6 Å². The summed E-state index contributed by atoms with van der Waals surface area (Å²) in [5.74, 6) is 0.299. The van der Waals surface area contributed by atoms with Gasteiger partial charge in [-0.15, -0.1) is 0 Å². The Morgan fingerprint density at radius 3 is 2.86 bits per heavy atom. The molecule has 3 heterocycles. The molecule has 22 heavy (non-hydrogen) atoms. The molecule has 1 amide bonds. The Labute approximate surface area is 132 Å². The summed E-state index contributed by atoms with van der Waals surface area (Å²) >= 11 is 0. The minimum atomic E-state index is 0.0556. The van der Waals surface area contributed by atoms with Gasteiger partial charge in [0.1, 0.15) is 0 Å². The molecule has 1 atom stereocenters. The van der Waals surface area contributed by atoms with Crippen molar-refractivity contribution in [3.63, 3.8) is 0 Å². The molecule has 0 spiro atoms. The molecule has 0 aliphatic carbocycles. The fourth-order valence-corrected chi connectivity index (χ4v) is 3.44. The van der Waals surface area contributed by atoms with Crippen LogP contribution in [0.5, 0.6) is 0 Å². The first-order chi connectivity index (χ1) is 10.8. The number of aryl methyl sites for hydroxylation is 1. The Morgan fingerprint density at radius 1 is 1.32 bits per heavy atom. The third-order valence-corrected chi connectivity index (χ3v) is 4.80. The third kappa shape index (κ3) is 3.50. The molecule has 0 saturated carbocycles. The molecule has 0 aromatic carbocycles. The fourth-order valence-electron chi connectivity index (χ4n) is 3.44. The van der Waals surface area contributed by atoms with Crippen molar-refractivity contribution in [2.24, 2.45) is 7.05 Å². The van der Waals surface area contributed by atoms with Gasteiger partial charge in [-0.3, -0.25) is 14.4 Å². The van der Waals surface area contributed by atoms with E-state index < -0.39 is 0 Å². The van der Waals surface area contributed by atoms with Crippen LogP contribution in [0, 0.1) is 0 Å². The van der Waals surface area contributed by atoms with E-state index in [4.69, 9.17) is 4.74 Å². The number of carbonyl (C=O) groups is 1. The number of morpholine rings is 1. The van der Waals surface area contributed by atoms with E-state index in [1.54, 1.807) is 0 Å². The first-order valence-electron chi connectivity index (χ1n) is 8.33. The molecular formula is C16H26N4O2. The number of nitrogens with zero attached hydrogens (tertiary/aromatic N) is 4. The highest BCUT2D eigenvalue weighted by atomic mass is 16.5. The summed E-state index contributed by atoms with van der Waals surface area (Å²) in [6, 6.07) is 2.11. The van der Waals surface area contributed by atoms with E-state index in [9.17, 15) is 4.79 Å². The van der Waals surface area contributed by atoms with Crippen LogP contribution in [0.4, 0.5) is 0 Å². The van der Waals surface area contributed by atoms with Crippen molar-refractivity contribution in [1.82, 2.24) is 19.6 Å². The molecule has 0 N–H and O–H groups in total. The Kier molecular flexibility index (Phi) is 5.10. The Balaban J connectivity index is 1.60. The third-order valence-electron chi connectivity index (χ3n) is 4.80. The number of ether oxygens (including phenoxy) is 1. The van der Waals surface area contributed by atoms with E-state index in [0.29, 0.717) is 19.1 Å². The average molecular weight is 306 g/mol. The summed E-state index contributed by atoms with van der Waals surface area (Å²) in [7, 11) is 1.97. The van der Waals surface area contributed by atoms with Gasteiger partial charge >= 0.3 is 0 Å². The highest BCUT2D eigenvalue weighted by molar-refractivity contribution is 5.82. The van der Waals surface area contributed by atoms with Crippen molar-refractivity contribution in [3.05, 3.63) is 18.0 Å². The maximum absolute atomic E-state index is 12.8. The van der Waals surface area contributed by atoms with Crippen LogP contribution in [0.25, 0.3) is 0 Å². The van der Waals surface area contributed by atoms with E-state index in [1.807, 2.05) is 22.8 Å². The van der Waals surface area contributed by atoms with Crippen LogP contribution < -0.4 is 0 Å². The number of piperidine rings is 1. The van der Waals surface area contributed by atoms with Crippen molar-refractivity contribution in [1.29, 1.82) is 0 Å². The zero-order valence-corrected chi connectivity index (χ0v) is 13.4. The fraction of sp³-hybridized carbons (Fsp3) is 0.750. The second-order valence-corrected chi connectivity index (χ2v) is 6.18.